The van der Waals surface area contributed by atoms with Gasteiger partial charge in [0.2, 0.25) is 10.0 Å². The molecule has 0 atom stereocenters. The van der Waals surface area contributed by atoms with Crippen molar-refractivity contribution in [3.8, 4) is 0 Å². The predicted octanol–water partition coefficient (Wildman–Crippen LogP) is 1.99. The van der Waals surface area contributed by atoms with E-state index in [1.54, 1.807) is 4.31 Å². The van der Waals surface area contributed by atoms with Crippen molar-refractivity contribution < 1.29 is 13.5 Å². The van der Waals surface area contributed by atoms with Crippen LogP contribution in [-0.2, 0) is 10.0 Å². The second kappa shape index (κ2) is 6.35. The Kier molecular flexibility index (Phi) is 5.62. The SMILES string of the molecule is CC(C)(C)CCS(=O)(=O)N(CCCO)C1CCC1. The standard InChI is InChI=1S/C13H27NO3S/c1-13(2,3)8-11-18(16,17)14(9-5-10-15)12-6-4-7-12/h12,15H,4-11H2,1-3H3. The summed E-state index contributed by atoms with van der Waals surface area (Å²) < 4.78 is 26.4. The van der Waals surface area contributed by atoms with E-state index in [4.69, 9.17) is 5.11 Å². The fraction of sp³-hybridized carbons (Fsp3) is 1.00. The Balaban J connectivity index is 2.63. The molecule has 108 valence electrons. The van der Waals surface area contributed by atoms with Gasteiger partial charge < -0.3 is 5.11 Å². The molecular weight excluding hydrogens is 250 g/mol. The fourth-order valence-corrected chi connectivity index (χ4v) is 4.18. The van der Waals surface area contributed by atoms with Crippen molar-refractivity contribution in [2.24, 2.45) is 5.41 Å². The number of nitrogens with zero attached hydrogens (tertiary/aromatic N) is 1. The van der Waals surface area contributed by atoms with E-state index in [0.717, 1.165) is 19.3 Å². The molecule has 1 saturated carbocycles. The molecule has 0 radical (unpaired) electrons. The molecule has 0 aromatic carbocycles. The zero-order valence-corrected chi connectivity index (χ0v) is 12.7. The minimum atomic E-state index is -3.17. The van der Waals surface area contributed by atoms with Crippen LogP contribution in [0.4, 0.5) is 0 Å². The van der Waals surface area contributed by atoms with Gasteiger partial charge in [-0.25, -0.2) is 8.42 Å². The number of hydrogen-bond acceptors (Lipinski definition) is 3. The summed E-state index contributed by atoms with van der Waals surface area (Å²) in [6.45, 7) is 6.70. The van der Waals surface area contributed by atoms with Gasteiger partial charge in [0.25, 0.3) is 0 Å². The molecule has 18 heavy (non-hydrogen) atoms. The van der Waals surface area contributed by atoms with E-state index >= 15 is 0 Å². The third-order valence-electron chi connectivity index (χ3n) is 3.49. The highest BCUT2D eigenvalue weighted by Crippen LogP contribution is 2.29. The van der Waals surface area contributed by atoms with Crippen LogP contribution in [0.15, 0.2) is 0 Å². The minimum Gasteiger partial charge on any atom is -0.396 e. The van der Waals surface area contributed by atoms with Crippen molar-refractivity contribution in [3.05, 3.63) is 0 Å². The van der Waals surface area contributed by atoms with Gasteiger partial charge in [0.1, 0.15) is 0 Å². The molecule has 0 spiro atoms. The van der Waals surface area contributed by atoms with Crippen molar-refractivity contribution in [2.75, 3.05) is 18.9 Å². The van der Waals surface area contributed by atoms with E-state index < -0.39 is 10.0 Å². The zero-order chi connectivity index (χ0) is 13.8. The molecule has 1 fully saturated rings. The maximum absolute atomic E-state index is 12.4. The van der Waals surface area contributed by atoms with E-state index in [1.165, 1.54) is 0 Å². The third kappa shape index (κ3) is 4.86. The molecule has 0 aromatic heterocycles. The Morgan fingerprint density at radius 3 is 2.28 bits per heavy atom. The number of aliphatic hydroxyl groups excluding tert-OH is 1. The average Bonchev–Trinajstić information content (AvgIpc) is 2.17. The van der Waals surface area contributed by atoms with Gasteiger partial charge >= 0.3 is 0 Å². The smallest absolute Gasteiger partial charge is 0.214 e. The maximum atomic E-state index is 12.4. The number of sulfonamides is 1. The molecule has 0 heterocycles. The first-order valence-electron chi connectivity index (χ1n) is 6.87. The molecule has 5 heteroatoms. The van der Waals surface area contributed by atoms with E-state index in [-0.39, 0.29) is 23.8 Å². The second-order valence-corrected chi connectivity index (χ2v) is 8.44. The van der Waals surface area contributed by atoms with Gasteiger partial charge in [0.15, 0.2) is 0 Å². The van der Waals surface area contributed by atoms with E-state index in [1.807, 2.05) is 0 Å². The first-order chi connectivity index (χ1) is 8.26. The summed E-state index contributed by atoms with van der Waals surface area (Å²) in [7, 11) is -3.17. The minimum absolute atomic E-state index is 0.0370. The highest BCUT2D eigenvalue weighted by Gasteiger charge is 2.33. The molecule has 1 aliphatic carbocycles. The highest BCUT2D eigenvalue weighted by atomic mass is 32.2. The lowest BCUT2D eigenvalue weighted by atomic mass is 9.93. The molecule has 4 nitrogen and oxygen atoms in total. The van der Waals surface area contributed by atoms with Crippen LogP contribution in [0.1, 0.15) is 52.9 Å². The first kappa shape index (κ1) is 15.9. The number of rotatable bonds is 7. The van der Waals surface area contributed by atoms with Crippen LogP contribution < -0.4 is 0 Å². The van der Waals surface area contributed by atoms with Gasteiger partial charge in [0, 0.05) is 19.2 Å². The van der Waals surface area contributed by atoms with Crippen LogP contribution in [-0.4, -0.2) is 42.8 Å². The Morgan fingerprint density at radius 1 is 1.28 bits per heavy atom. The lowest BCUT2D eigenvalue weighted by Crippen LogP contribution is -2.46. The molecule has 0 aromatic rings. The molecule has 0 saturated heterocycles. The molecule has 1 rings (SSSR count). The van der Waals surface area contributed by atoms with Crippen molar-refractivity contribution in [1.82, 2.24) is 4.31 Å². The zero-order valence-electron chi connectivity index (χ0n) is 11.9. The number of hydrogen-bond donors (Lipinski definition) is 1. The van der Waals surface area contributed by atoms with Gasteiger partial charge in [-0.1, -0.05) is 27.2 Å². The van der Waals surface area contributed by atoms with Crippen LogP contribution in [0.5, 0.6) is 0 Å². The second-order valence-electron chi connectivity index (χ2n) is 6.40. The lowest BCUT2D eigenvalue weighted by molar-refractivity contribution is 0.197. The van der Waals surface area contributed by atoms with Gasteiger partial charge in [-0.05, 0) is 31.1 Å². The number of aliphatic hydroxyl groups is 1. The van der Waals surface area contributed by atoms with Gasteiger partial charge in [0.05, 0.1) is 5.75 Å². The van der Waals surface area contributed by atoms with Crippen molar-refractivity contribution in [2.45, 2.75) is 58.9 Å². The Morgan fingerprint density at radius 2 is 1.89 bits per heavy atom. The molecule has 0 amide bonds. The summed E-state index contributed by atoms with van der Waals surface area (Å²) in [5.41, 5.74) is 0.0370. The maximum Gasteiger partial charge on any atom is 0.214 e. The Labute approximate surface area is 111 Å². The third-order valence-corrected chi connectivity index (χ3v) is 5.40. The quantitative estimate of drug-likeness (QED) is 0.774. The van der Waals surface area contributed by atoms with Crippen molar-refractivity contribution in [1.29, 1.82) is 0 Å². The normalized spacial score (nSPS) is 18.1. The van der Waals surface area contributed by atoms with Crippen LogP contribution in [0.2, 0.25) is 0 Å². The predicted molar refractivity (Wildman–Crippen MR) is 73.9 cm³/mol. The monoisotopic (exact) mass is 277 g/mol. The molecule has 1 aliphatic rings. The van der Waals surface area contributed by atoms with E-state index in [9.17, 15) is 8.42 Å². The van der Waals surface area contributed by atoms with Crippen molar-refractivity contribution >= 4 is 10.0 Å². The van der Waals surface area contributed by atoms with E-state index in [0.29, 0.717) is 19.4 Å². The molecular formula is C13H27NO3S. The molecule has 0 bridgehead atoms. The van der Waals surface area contributed by atoms with Gasteiger partial charge in [-0.15, -0.1) is 0 Å². The van der Waals surface area contributed by atoms with Crippen LogP contribution >= 0.6 is 0 Å². The summed E-state index contributed by atoms with van der Waals surface area (Å²) in [5.74, 6) is 0.221. The fourth-order valence-electron chi connectivity index (χ4n) is 2.00. The molecule has 0 unspecified atom stereocenters. The van der Waals surface area contributed by atoms with E-state index in [2.05, 4.69) is 20.8 Å². The van der Waals surface area contributed by atoms with Gasteiger partial charge in [-0.3, -0.25) is 0 Å². The highest BCUT2D eigenvalue weighted by molar-refractivity contribution is 7.89. The Bertz CT molecular complexity index is 342. The molecule has 1 N–H and O–H groups in total. The lowest BCUT2D eigenvalue weighted by Gasteiger charge is -2.37. The summed E-state index contributed by atoms with van der Waals surface area (Å²) in [4.78, 5) is 0. The average molecular weight is 277 g/mol. The summed E-state index contributed by atoms with van der Waals surface area (Å²) in [6.07, 6.45) is 4.28. The largest absolute Gasteiger partial charge is 0.396 e. The summed E-state index contributed by atoms with van der Waals surface area (Å²) in [5, 5.41) is 8.89. The molecule has 0 aliphatic heterocycles. The summed E-state index contributed by atoms with van der Waals surface area (Å²) >= 11 is 0. The first-order valence-corrected chi connectivity index (χ1v) is 8.47. The van der Waals surface area contributed by atoms with Crippen LogP contribution in [0.25, 0.3) is 0 Å². The Hall–Kier alpha value is -0.130. The van der Waals surface area contributed by atoms with Crippen LogP contribution in [0.3, 0.4) is 0 Å². The summed E-state index contributed by atoms with van der Waals surface area (Å²) in [6, 6.07) is 0.182. The van der Waals surface area contributed by atoms with Crippen LogP contribution in [0, 0.1) is 5.41 Å². The van der Waals surface area contributed by atoms with Crippen molar-refractivity contribution in [3.63, 3.8) is 0 Å². The van der Waals surface area contributed by atoms with Gasteiger partial charge in [-0.2, -0.15) is 4.31 Å². The topological polar surface area (TPSA) is 57.6 Å².